The molecule has 0 fully saturated rings. The Labute approximate surface area is 156 Å². The molecule has 2 aromatic heterocycles. The van der Waals surface area contributed by atoms with Crippen molar-refractivity contribution in [3.63, 3.8) is 0 Å². The minimum Gasteiger partial charge on any atom is -0.348 e. The number of benzene rings is 1. The van der Waals surface area contributed by atoms with Crippen LogP contribution in [0.3, 0.4) is 0 Å². The smallest absolute Gasteiger partial charge is 0.268 e. The molecular weight excluding hydrogens is 348 g/mol. The summed E-state index contributed by atoms with van der Waals surface area (Å²) in [6.07, 6.45) is 5.27. The number of nitrogens with one attached hydrogen (secondary N) is 1. The Morgan fingerprint density at radius 2 is 2.08 bits per heavy atom. The first kappa shape index (κ1) is 17.9. The molecule has 3 aromatic rings. The van der Waals surface area contributed by atoms with E-state index in [-0.39, 0.29) is 17.9 Å². The van der Waals surface area contributed by atoms with Gasteiger partial charge in [0.15, 0.2) is 0 Å². The highest BCUT2D eigenvalue weighted by atomic mass is 32.1. The Hall–Kier alpha value is -2.93. The van der Waals surface area contributed by atoms with Crippen LogP contribution in [0.5, 0.6) is 0 Å². The van der Waals surface area contributed by atoms with Crippen LogP contribution < -0.4 is 10.2 Å². The normalized spacial score (nSPS) is 11.8. The summed E-state index contributed by atoms with van der Waals surface area (Å²) in [5, 5.41) is 4.84. The Balaban J connectivity index is 1.75. The summed E-state index contributed by atoms with van der Waals surface area (Å²) in [4.78, 5) is 31.5. The predicted molar refractivity (Wildman–Crippen MR) is 103 cm³/mol. The second-order valence-electron chi connectivity index (χ2n) is 5.99. The minimum atomic E-state index is -0.209. The van der Waals surface area contributed by atoms with E-state index in [0.717, 1.165) is 0 Å². The molecule has 0 unspecified atom stereocenters. The molecule has 7 heteroatoms. The number of hydrogen-bond acceptors (Lipinski definition) is 4. The average molecular weight is 368 g/mol. The van der Waals surface area contributed by atoms with E-state index in [9.17, 15) is 9.59 Å². The fourth-order valence-electron chi connectivity index (χ4n) is 2.69. The molecule has 0 radical (unpaired) electrons. The third-order valence-electron chi connectivity index (χ3n) is 3.97. The van der Waals surface area contributed by atoms with E-state index in [2.05, 4.69) is 10.3 Å². The fourth-order valence-corrected chi connectivity index (χ4v) is 3.39. The number of amides is 2. The van der Waals surface area contributed by atoms with Crippen LogP contribution in [-0.2, 0) is 6.54 Å². The molecular formula is C19H20N4O2S. The van der Waals surface area contributed by atoms with Gasteiger partial charge in [0, 0.05) is 32.0 Å². The van der Waals surface area contributed by atoms with Crippen molar-refractivity contribution in [1.29, 1.82) is 0 Å². The lowest BCUT2D eigenvalue weighted by Crippen LogP contribution is -2.37. The van der Waals surface area contributed by atoms with Gasteiger partial charge in [0.2, 0.25) is 0 Å². The zero-order valence-corrected chi connectivity index (χ0v) is 15.4. The third kappa shape index (κ3) is 4.00. The highest BCUT2D eigenvalue weighted by Gasteiger charge is 2.21. The fraction of sp³-hybridized carbons (Fsp3) is 0.211. The monoisotopic (exact) mass is 368 g/mol. The Kier molecular flexibility index (Phi) is 5.48. The van der Waals surface area contributed by atoms with Crippen LogP contribution in [0.15, 0.2) is 60.5 Å². The summed E-state index contributed by atoms with van der Waals surface area (Å²) in [7, 11) is 1.68. The van der Waals surface area contributed by atoms with Crippen LogP contribution in [0.4, 0.5) is 5.69 Å². The van der Waals surface area contributed by atoms with Gasteiger partial charge in [-0.25, -0.2) is 4.98 Å². The Bertz CT molecular complexity index is 875. The van der Waals surface area contributed by atoms with E-state index in [0.29, 0.717) is 22.7 Å². The zero-order chi connectivity index (χ0) is 18.5. The molecule has 0 saturated carbocycles. The second-order valence-corrected chi connectivity index (χ2v) is 6.94. The van der Waals surface area contributed by atoms with E-state index >= 15 is 0 Å². The maximum Gasteiger partial charge on any atom is 0.268 e. The second kappa shape index (κ2) is 7.97. The summed E-state index contributed by atoms with van der Waals surface area (Å²) < 4.78 is 1.91. The number of hydrogen-bond donors (Lipinski definition) is 1. The summed E-state index contributed by atoms with van der Waals surface area (Å²) in [5.74, 6) is -0.342. The summed E-state index contributed by atoms with van der Waals surface area (Å²) in [6.45, 7) is 2.55. The van der Waals surface area contributed by atoms with E-state index in [4.69, 9.17) is 0 Å². The summed E-state index contributed by atoms with van der Waals surface area (Å²) in [5.41, 5.74) is 1.05. The number of aromatic nitrogens is 2. The lowest BCUT2D eigenvalue weighted by atomic mass is 10.1. The number of carbonyl (C=O) groups excluding carboxylic acids is 2. The van der Waals surface area contributed by atoms with Gasteiger partial charge in [-0.2, -0.15) is 0 Å². The van der Waals surface area contributed by atoms with Crippen molar-refractivity contribution in [3.8, 4) is 0 Å². The van der Waals surface area contributed by atoms with Gasteiger partial charge in [0.1, 0.15) is 0 Å². The molecule has 0 aliphatic carbocycles. The molecule has 1 N–H and O–H groups in total. The van der Waals surface area contributed by atoms with Gasteiger partial charge in [-0.15, -0.1) is 11.3 Å². The molecule has 3 rings (SSSR count). The van der Waals surface area contributed by atoms with E-state index in [1.54, 1.807) is 43.8 Å². The number of para-hydroxylation sites is 1. The lowest BCUT2D eigenvalue weighted by Gasteiger charge is -2.21. The molecule has 0 aliphatic rings. The molecule has 2 amide bonds. The molecule has 2 heterocycles. The quantitative estimate of drug-likeness (QED) is 0.727. The number of carbonyl (C=O) groups is 2. The van der Waals surface area contributed by atoms with E-state index < -0.39 is 0 Å². The van der Waals surface area contributed by atoms with Crippen LogP contribution >= 0.6 is 11.3 Å². The molecule has 0 spiro atoms. The predicted octanol–water partition coefficient (Wildman–Crippen LogP) is 3.04. The van der Waals surface area contributed by atoms with E-state index in [1.807, 2.05) is 35.2 Å². The first-order valence-corrected chi connectivity index (χ1v) is 9.11. The van der Waals surface area contributed by atoms with Gasteiger partial charge in [-0.3, -0.25) is 9.59 Å². The molecule has 26 heavy (non-hydrogen) atoms. The SMILES string of the molecule is C[C@H](Cn1ccnc1)NC(=O)c1ccccc1N(C)C(=O)c1cccs1. The zero-order valence-electron chi connectivity index (χ0n) is 14.6. The summed E-state index contributed by atoms with van der Waals surface area (Å²) >= 11 is 1.38. The van der Waals surface area contributed by atoms with E-state index in [1.165, 1.54) is 16.2 Å². The molecule has 134 valence electrons. The number of thiophene rings is 1. The van der Waals surface area contributed by atoms with Crippen molar-refractivity contribution in [2.24, 2.45) is 0 Å². The minimum absolute atomic E-state index is 0.0805. The maximum absolute atomic E-state index is 12.7. The number of imidazole rings is 1. The average Bonchev–Trinajstić information content (AvgIpc) is 3.34. The molecule has 0 saturated heterocycles. The van der Waals surface area contributed by atoms with Gasteiger partial charge in [-0.05, 0) is 30.5 Å². The highest BCUT2D eigenvalue weighted by Crippen LogP contribution is 2.22. The standard InChI is InChI=1S/C19H20N4O2S/c1-14(12-23-10-9-20-13-23)21-18(24)15-6-3-4-7-16(15)22(2)19(25)17-8-5-11-26-17/h3-11,13-14H,12H2,1-2H3,(H,21,24)/t14-/m1/s1. The van der Waals surface area contributed by atoms with Crippen molar-refractivity contribution in [2.75, 3.05) is 11.9 Å². The topological polar surface area (TPSA) is 67.2 Å². The van der Waals surface area contributed by atoms with Gasteiger partial charge in [0.25, 0.3) is 11.8 Å². The highest BCUT2D eigenvalue weighted by molar-refractivity contribution is 7.12. The first-order valence-electron chi connectivity index (χ1n) is 8.23. The Morgan fingerprint density at radius 3 is 2.77 bits per heavy atom. The van der Waals surface area contributed by atoms with Crippen molar-refractivity contribution < 1.29 is 9.59 Å². The van der Waals surface area contributed by atoms with Gasteiger partial charge in [0.05, 0.1) is 22.5 Å². The number of anilines is 1. The molecule has 6 nitrogen and oxygen atoms in total. The molecule has 1 aromatic carbocycles. The van der Waals surface area contributed by atoms with Crippen LogP contribution in [0, 0.1) is 0 Å². The third-order valence-corrected chi connectivity index (χ3v) is 4.83. The van der Waals surface area contributed by atoms with Crippen LogP contribution in [0.2, 0.25) is 0 Å². The first-order chi connectivity index (χ1) is 12.6. The van der Waals surface area contributed by atoms with Gasteiger partial charge in [-0.1, -0.05) is 18.2 Å². The largest absolute Gasteiger partial charge is 0.348 e. The van der Waals surface area contributed by atoms with Crippen LogP contribution in [0.25, 0.3) is 0 Å². The molecule has 0 bridgehead atoms. The maximum atomic E-state index is 12.7. The van der Waals surface area contributed by atoms with Gasteiger partial charge < -0.3 is 14.8 Å². The van der Waals surface area contributed by atoms with Gasteiger partial charge >= 0.3 is 0 Å². The lowest BCUT2D eigenvalue weighted by molar-refractivity contribution is 0.0937. The van der Waals surface area contributed by atoms with Crippen molar-refractivity contribution >= 4 is 28.8 Å². The molecule has 0 aliphatic heterocycles. The number of rotatable bonds is 6. The van der Waals surface area contributed by atoms with Crippen molar-refractivity contribution in [2.45, 2.75) is 19.5 Å². The molecule has 1 atom stereocenters. The summed E-state index contributed by atoms with van der Waals surface area (Å²) in [6, 6.07) is 10.7. The van der Waals surface area contributed by atoms with Crippen LogP contribution in [0.1, 0.15) is 27.0 Å². The van der Waals surface area contributed by atoms with Crippen molar-refractivity contribution in [1.82, 2.24) is 14.9 Å². The number of nitrogens with zero attached hydrogens (tertiary/aromatic N) is 3. The van der Waals surface area contributed by atoms with Crippen LogP contribution in [-0.4, -0.2) is 34.5 Å². The van der Waals surface area contributed by atoms with Crippen molar-refractivity contribution in [3.05, 3.63) is 70.9 Å². The Morgan fingerprint density at radius 1 is 1.27 bits per heavy atom.